The molecule has 2 atom stereocenters. The molecule has 4 rings (SSSR count). The van der Waals surface area contributed by atoms with Gasteiger partial charge in [0.25, 0.3) is 11.8 Å². The van der Waals surface area contributed by atoms with Crippen molar-refractivity contribution in [2.75, 3.05) is 4.90 Å². The van der Waals surface area contributed by atoms with Gasteiger partial charge in [0.1, 0.15) is 5.69 Å². The second kappa shape index (κ2) is 6.30. The van der Waals surface area contributed by atoms with Crippen molar-refractivity contribution in [3.8, 4) is 0 Å². The Morgan fingerprint density at radius 3 is 2.19 bits per heavy atom. The first-order valence-electron chi connectivity index (χ1n) is 8.82. The van der Waals surface area contributed by atoms with Crippen molar-refractivity contribution in [3.05, 3.63) is 83.7 Å². The van der Waals surface area contributed by atoms with Crippen molar-refractivity contribution in [2.24, 2.45) is 0 Å². The molecule has 3 aromatic rings. The molecule has 1 aliphatic heterocycles. The molecule has 0 N–H and O–H groups in total. The molecule has 0 spiro atoms. The summed E-state index contributed by atoms with van der Waals surface area (Å²) < 4.78 is 31.2. The van der Waals surface area contributed by atoms with Crippen LogP contribution in [0.25, 0.3) is 0 Å². The summed E-state index contributed by atoms with van der Waals surface area (Å²) in [5, 5.41) is 4.22. The van der Waals surface area contributed by atoms with Gasteiger partial charge in [0.05, 0.1) is 12.1 Å². The third kappa shape index (κ3) is 2.72. The van der Waals surface area contributed by atoms with E-state index >= 15 is 0 Å². The molecule has 2 heterocycles. The third-order valence-corrected chi connectivity index (χ3v) is 5.24. The van der Waals surface area contributed by atoms with Crippen molar-refractivity contribution in [1.82, 2.24) is 9.78 Å². The summed E-state index contributed by atoms with van der Waals surface area (Å²) in [6.07, 6.45) is 1.60. The number of alkyl halides is 2. The maximum absolute atomic E-state index is 14.7. The lowest BCUT2D eigenvalue weighted by Gasteiger charge is -2.38. The lowest BCUT2D eigenvalue weighted by atomic mass is 9.99. The zero-order valence-electron chi connectivity index (χ0n) is 15.0. The van der Waals surface area contributed by atoms with E-state index in [9.17, 15) is 13.6 Å². The number of carbonyl (C=O) groups is 1. The van der Waals surface area contributed by atoms with Crippen LogP contribution in [0, 0.1) is 0 Å². The van der Waals surface area contributed by atoms with E-state index < -0.39 is 5.92 Å². The summed E-state index contributed by atoms with van der Waals surface area (Å²) in [6, 6.07) is 15.2. The SMILES string of the molecule is C[C@@H]1[C@@H](C)n2nccc2C(=O)N1c1ccc(C(F)(F)c2ccccc2)cc1. The van der Waals surface area contributed by atoms with Crippen LogP contribution in [0.1, 0.15) is 41.5 Å². The number of hydrogen-bond acceptors (Lipinski definition) is 2. The predicted octanol–water partition coefficient (Wildman–Crippen LogP) is 4.63. The van der Waals surface area contributed by atoms with Crippen molar-refractivity contribution in [2.45, 2.75) is 31.9 Å². The number of carbonyl (C=O) groups excluding carboxylic acids is 1. The fourth-order valence-electron chi connectivity index (χ4n) is 3.53. The molecule has 4 nitrogen and oxygen atoms in total. The van der Waals surface area contributed by atoms with Crippen molar-refractivity contribution >= 4 is 11.6 Å². The number of rotatable bonds is 3. The average molecular weight is 367 g/mol. The Morgan fingerprint density at radius 1 is 0.889 bits per heavy atom. The molecule has 0 aliphatic carbocycles. The highest BCUT2D eigenvalue weighted by atomic mass is 19.3. The minimum Gasteiger partial charge on any atom is -0.302 e. The Labute approximate surface area is 156 Å². The number of anilines is 1. The number of aromatic nitrogens is 2. The van der Waals surface area contributed by atoms with Crippen LogP contribution < -0.4 is 4.90 Å². The Bertz CT molecular complexity index is 967. The Hall–Kier alpha value is -3.02. The molecule has 0 bridgehead atoms. The molecule has 0 saturated heterocycles. The predicted molar refractivity (Wildman–Crippen MR) is 99.1 cm³/mol. The summed E-state index contributed by atoms with van der Waals surface area (Å²) in [6.45, 7) is 3.91. The second-order valence-corrected chi connectivity index (χ2v) is 6.80. The van der Waals surface area contributed by atoms with Gasteiger partial charge in [-0.05, 0) is 32.0 Å². The van der Waals surface area contributed by atoms with E-state index in [2.05, 4.69) is 5.10 Å². The number of halogens is 2. The van der Waals surface area contributed by atoms with E-state index in [0.717, 1.165) is 0 Å². The fourth-order valence-corrected chi connectivity index (χ4v) is 3.53. The van der Waals surface area contributed by atoms with Crippen molar-refractivity contribution in [1.29, 1.82) is 0 Å². The van der Waals surface area contributed by atoms with Crippen LogP contribution >= 0.6 is 0 Å². The zero-order chi connectivity index (χ0) is 19.2. The van der Waals surface area contributed by atoms with Crippen LogP contribution in [0.3, 0.4) is 0 Å². The normalized spacial score (nSPS) is 19.9. The molecule has 6 heteroatoms. The molecule has 2 aromatic carbocycles. The highest BCUT2D eigenvalue weighted by Gasteiger charge is 2.37. The van der Waals surface area contributed by atoms with E-state index in [1.165, 1.54) is 24.3 Å². The van der Waals surface area contributed by atoms with E-state index in [1.54, 1.807) is 52.2 Å². The first-order chi connectivity index (χ1) is 12.9. The number of fused-ring (bicyclic) bond motifs is 1. The fraction of sp³-hybridized carbons (Fsp3) is 0.238. The van der Waals surface area contributed by atoms with Gasteiger partial charge in [-0.3, -0.25) is 9.48 Å². The summed E-state index contributed by atoms with van der Waals surface area (Å²) >= 11 is 0. The molecular weight excluding hydrogens is 348 g/mol. The van der Waals surface area contributed by atoms with Gasteiger partial charge >= 0.3 is 0 Å². The van der Waals surface area contributed by atoms with Crippen LogP contribution in [0.2, 0.25) is 0 Å². The zero-order valence-corrected chi connectivity index (χ0v) is 15.0. The lowest BCUT2D eigenvalue weighted by molar-refractivity contribution is 0.0428. The van der Waals surface area contributed by atoms with E-state index in [0.29, 0.717) is 11.4 Å². The van der Waals surface area contributed by atoms with Crippen LogP contribution in [0.4, 0.5) is 14.5 Å². The van der Waals surface area contributed by atoms with Gasteiger partial charge in [0.2, 0.25) is 0 Å². The van der Waals surface area contributed by atoms with Crippen LogP contribution in [0.5, 0.6) is 0 Å². The summed E-state index contributed by atoms with van der Waals surface area (Å²) in [7, 11) is 0. The van der Waals surface area contributed by atoms with Gasteiger partial charge in [-0.1, -0.05) is 42.5 Å². The minimum atomic E-state index is -3.09. The second-order valence-electron chi connectivity index (χ2n) is 6.80. The van der Waals surface area contributed by atoms with Gasteiger partial charge in [0, 0.05) is 23.0 Å². The largest absolute Gasteiger partial charge is 0.302 e. The molecule has 1 aliphatic rings. The van der Waals surface area contributed by atoms with Crippen LogP contribution in [0.15, 0.2) is 66.9 Å². The smallest absolute Gasteiger partial charge is 0.298 e. The van der Waals surface area contributed by atoms with Crippen LogP contribution in [-0.2, 0) is 5.92 Å². The first kappa shape index (κ1) is 17.4. The molecule has 1 aromatic heterocycles. The lowest BCUT2D eigenvalue weighted by Crippen LogP contribution is -2.49. The summed E-state index contributed by atoms with van der Waals surface area (Å²) in [4.78, 5) is 14.5. The van der Waals surface area contributed by atoms with Gasteiger partial charge in [-0.15, -0.1) is 0 Å². The number of benzene rings is 2. The van der Waals surface area contributed by atoms with Gasteiger partial charge in [-0.25, -0.2) is 0 Å². The number of amides is 1. The van der Waals surface area contributed by atoms with Crippen molar-refractivity contribution in [3.63, 3.8) is 0 Å². The molecule has 0 radical (unpaired) electrons. The monoisotopic (exact) mass is 367 g/mol. The summed E-state index contributed by atoms with van der Waals surface area (Å²) in [5.41, 5.74) is 0.934. The van der Waals surface area contributed by atoms with Crippen LogP contribution in [-0.4, -0.2) is 21.7 Å². The molecule has 1 amide bonds. The van der Waals surface area contributed by atoms with Gasteiger partial charge in [-0.2, -0.15) is 13.9 Å². The molecule has 138 valence electrons. The van der Waals surface area contributed by atoms with E-state index in [-0.39, 0.29) is 29.1 Å². The third-order valence-electron chi connectivity index (χ3n) is 5.24. The quantitative estimate of drug-likeness (QED) is 0.677. The standard InChI is InChI=1S/C21H19F2N3O/c1-14-15(2)26-19(12-13-24-26)20(27)25(14)18-10-8-17(9-11-18)21(22,23)16-6-4-3-5-7-16/h3-15H,1-2H3/t14-,15-/m1/s1. The Morgan fingerprint density at radius 2 is 1.52 bits per heavy atom. The van der Waals surface area contributed by atoms with Crippen molar-refractivity contribution < 1.29 is 13.6 Å². The molecular formula is C21H19F2N3O. The van der Waals surface area contributed by atoms with Gasteiger partial charge < -0.3 is 4.90 Å². The summed E-state index contributed by atoms with van der Waals surface area (Å²) in [5.74, 6) is -3.27. The van der Waals surface area contributed by atoms with E-state index in [4.69, 9.17) is 0 Å². The Balaban J connectivity index is 1.68. The number of hydrogen-bond donors (Lipinski definition) is 0. The van der Waals surface area contributed by atoms with Gasteiger partial charge in [0.15, 0.2) is 0 Å². The first-order valence-corrected chi connectivity index (χ1v) is 8.82. The molecule has 0 unspecified atom stereocenters. The molecule has 0 fully saturated rings. The number of nitrogens with zero attached hydrogens (tertiary/aromatic N) is 3. The maximum atomic E-state index is 14.7. The highest BCUT2D eigenvalue weighted by molar-refractivity contribution is 6.06. The average Bonchev–Trinajstić information content (AvgIpc) is 3.18. The minimum absolute atomic E-state index is 0.0156. The highest BCUT2D eigenvalue weighted by Crippen LogP contribution is 2.37. The molecule has 27 heavy (non-hydrogen) atoms. The maximum Gasteiger partial charge on any atom is 0.298 e. The Kier molecular flexibility index (Phi) is 4.06. The van der Waals surface area contributed by atoms with E-state index in [1.807, 2.05) is 13.8 Å². The topological polar surface area (TPSA) is 38.1 Å². The molecule has 0 saturated carbocycles.